The van der Waals surface area contributed by atoms with Crippen molar-refractivity contribution in [2.75, 3.05) is 25.0 Å². The first-order chi connectivity index (χ1) is 9.11. The summed E-state index contributed by atoms with van der Waals surface area (Å²) >= 11 is 0. The fourth-order valence-electron chi connectivity index (χ4n) is 1.40. The number of aryl methyl sites for hydroxylation is 1. The number of nitrogens with zero attached hydrogens (tertiary/aromatic N) is 1. The first-order valence-corrected chi connectivity index (χ1v) is 6.21. The number of nitrogens with one attached hydrogen (secondary N) is 2. The van der Waals surface area contributed by atoms with E-state index in [-0.39, 0.29) is 18.4 Å². The first kappa shape index (κ1) is 15.2. The summed E-state index contributed by atoms with van der Waals surface area (Å²) in [6, 6.07) is 1.64. The van der Waals surface area contributed by atoms with Crippen molar-refractivity contribution in [2.45, 2.75) is 26.7 Å². The van der Waals surface area contributed by atoms with Gasteiger partial charge in [0.1, 0.15) is 0 Å². The lowest BCUT2D eigenvalue weighted by atomic mass is 10.3. The molecule has 0 fully saturated rings. The maximum atomic E-state index is 11.5. The van der Waals surface area contributed by atoms with Crippen LogP contribution in [0.3, 0.4) is 0 Å². The monoisotopic (exact) mass is 269 g/mol. The molecule has 1 aromatic heterocycles. The van der Waals surface area contributed by atoms with Crippen molar-refractivity contribution in [2.24, 2.45) is 0 Å². The molecule has 0 aromatic carbocycles. The molecule has 0 atom stereocenters. The van der Waals surface area contributed by atoms with Gasteiger partial charge in [0.05, 0.1) is 18.8 Å². The molecule has 0 spiro atoms. The van der Waals surface area contributed by atoms with Crippen molar-refractivity contribution >= 4 is 17.8 Å². The number of aromatic nitrogens is 1. The standard InChI is InChI=1S/C12H19N3O4/c1-3-18-12(17)5-4-6-13-8-10(16)14-11-7-9(2)15-19-11/h7,13H,3-6,8H2,1-2H3,(H,14,16). The number of hydrogen-bond acceptors (Lipinski definition) is 6. The minimum Gasteiger partial charge on any atom is -0.466 e. The van der Waals surface area contributed by atoms with E-state index < -0.39 is 0 Å². The molecule has 2 N–H and O–H groups in total. The molecule has 0 aliphatic rings. The van der Waals surface area contributed by atoms with Gasteiger partial charge in [-0.2, -0.15) is 0 Å². The van der Waals surface area contributed by atoms with Crippen LogP contribution >= 0.6 is 0 Å². The van der Waals surface area contributed by atoms with Gasteiger partial charge in [0.25, 0.3) is 0 Å². The van der Waals surface area contributed by atoms with E-state index >= 15 is 0 Å². The summed E-state index contributed by atoms with van der Waals surface area (Å²) in [6.45, 7) is 4.66. The number of amides is 1. The molecule has 0 radical (unpaired) electrons. The summed E-state index contributed by atoms with van der Waals surface area (Å²) in [6.07, 6.45) is 0.983. The molecule has 106 valence electrons. The molecule has 1 rings (SSSR count). The molecule has 0 bridgehead atoms. The van der Waals surface area contributed by atoms with Gasteiger partial charge in [0, 0.05) is 12.5 Å². The average Bonchev–Trinajstić information content (AvgIpc) is 2.74. The molecular formula is C12H19N3O4. The Morgan fingerprint density at radius 3 is 2.89 bits per heavy atom. The van der Waals surface area contributed by atoms with Crippen LogP contribution < -0.4 is 10.6 Å². The van der Waals surface area contributed by atoms with Crippen molar-refractivity contribution < 1.29 is 18.8 Å². The summed E-state index contributed by atoms with van der Waals surface area (Å²) in [4.78, 5) is 22.5. The highest BCUT2D eigenvalue weighted by molar-refractivity contribution is 5.90. The van der Waals surface area contributed by atoms with E-state index in [1.165, 1.54) is 0 Å². The third-order valence-electron chi connectivity index (χ3n) is 2.22. The summed E-state index contributed by atoms with van der Waals surface area (Å²) in [7, 11) is 0. The van der Waals surface area contributed by atoms with E-state index in [9.17, 15) is 9.59 Å². The number of anilines is 1. The molecule has 0 unspecified atom stereocenters. The maximum Gasteiger partial charge on any atom is 0.305 e. The Morgan fingerprint density at radius 1 is 1.47 bits per heavy atom. The Hall–Kier alpha value is -1.89. The number of ether oxygens (including phenoxy) is 1. The molecule has 0 aliphatic heterocycles. The van der Waals surface area contributed by atoms with E-state index in [1.54, 1.807) is 19.9 Å². The number of carbonyl (C=O) groups excluding carboxylic acids is 2. The average molecular weight is 269 g/mol. The van der Waals surface area contributed by atoms with Gasteiger partial charge in [-0.1, -0.05) is 5.16 Å². The normalized spacial score (nSPS) is 10.2. The molecule has 7 nitrogen and oxygen atoms in total. The Bertz CT molecular complexity index is 417. The summed E-state index contributed by atoms with van der Waals surface area (Å²) in [5.74, 6) is -0.103. The zero-order valence-electron chi connectivity index (χ0n) is 11.2. The van der Waals surface area contributed by atoms with Crippen LogP contribution in [-0.4, -0.2) is 36.7 Å². The highest BCUT2D eigenvalue weighted by atomic mass is 16.5. The topological polar surface area (TPSA) is 93.5 Å². The lowest BCUT2D eigenvalue weighted by molar-refractivity contribution is -0.143. The molecule has 19 heavy (non-hydrogen) atoms. The van der Waals surface area contributed by atoms with E-state index in [0.29, 0.717) is 37.6 Å². The van der Waals surface area contributed by atoms with Gasteiger partial charge in [-0.05, 0) is 26.8 Å². The Morgan fingerprint density at radius 2 is 2.26 bits per heavy atom. The highest BCUT2D eigenvalue weighted by Crippen LogP contribution is 2.07. The van der Waals surface area contributed by atoms with Crippen LogP contribution in [0.4, 0.5) is 5.88 Å². The molecule has 0 aliphatic carbocycles. The van der Waals surface area contributed by atoms with Crippen molar-refractivity contribution in [3.63, 3.8) is 0 Å². The second-order valence-corrected chi connectivity index (χ2v) is 3.97. The van der Waals surface area contributed by atoms with Crippen LogP contribution in [0.5, 0.6) is 0 Å². The number of hydrogen-bond donors (Lipinski definition) is 2. The van der Waals surface area contributed by atoms with E-state index in [1.807, 2.05) is 0 Å². The van der Waals surface area contributed by atoms with Gasteiger partial charge in [0.2, 0.25) is 11.8 Å². The van der Waals surface area contributed by atoms with Gasteiger partial charge in [0.15, 0.2) is 0 Å². The van der Waals surface area contributed by atoms with Gasteiger partial charge in [-0.3, -0.25) is 14.9 Å². The van der Waals surface area contributed by atoms with Crippen LogP contribution in [0.15, 0.2) is 10.6 Å². The lowest BCUT2D eigenvalue weighted by Crippen LogP contribution is -2.28. The Labute approximate surface area is 111 Å². The number of esters is 1. The molecule has 1 aromatic rings. The minimum absolute atomic E-state index is 0.155. The Balaban J connectivity index is 2.06. The maximum absolute atomic E-state index is 11.5. The van der Waals surface area contributed by atoms with Crippen LogP contribution in [0.25, 0.3) is 0 Å². The van der Waals surface area contributed by atoms with Crippen molar-refractivity contribution in [3.8, 4) is 0 Å². The van der Waals surface area contributed by atoms with E-state index in [2.05, 4.69) is 15.8 Å². The van der Waals surface area contributed by atoms with Crippen LogP contribution in [0.1, 0.15) is 25.5 Å². The molecule has 0 saturated heterocycles. The molecule has 1 amide bonds. The lowest BCUT2D eigenvalue weighted by Gasteiger charge is -2.04. The van der Waals surface area contributed by atoms with Gasteiger partial charge in [-0.15, -0.1) is 0 Å². The third-order valence-corrected chi connectivity index (χ3v) is 2.22. The third kappa shape index (κ3) is 6.56. The zero-order chi connectivity index (χ0) is 14.1. The van der Waals surface area contributed by atoms with Crippen molar-refractivity contribution in [1.29, 1.82) is 0 Å². The number of carbonyl (C=O) groups is 2. The fraction of sp³-hybridized carbons (Fsp3) is 0.583. The van der Waals surface area contributed by atoms with Crippen LogP contribution in [0, 0.1) is 6.92 Å². The zero-order valence-corrected chi connectivity index (χ0v) is 11.2. The van der Waals surface area contributed by atoms with Crippen LogP contribution in [-0.2, 0) is 14.3 Å². The predicted octanol–water partition coefficient (Wildman–Crippen LogP) is 0.854. The highest BCUT2D eigenvalue weighted by Gasteiger charge is 2.06. The van der Waals surface area contributed by atoms with Gasteiger partial charge in [-0.25, -0.2) is 0 Å². The molecule has 1 heterocycles. The minimum atomic E-state index is -0.217. The molecule has 7 heteroatoms. The van der Waals surface area contributed by atoms with Crippen LogP contribution in [0.2, 0.25) is 0 Å². The fourth-order valence-corrected chi connectivity index (χ4v) is 1.40. The number of rotatable bonds is 8. The SMILES string of the molecule is CCOC(=O)CCCNCC(=O)Nc1cc(C)no1. The predicted molar refractivity (Wildman–Crippen MR) is 68.6 cm³/mol. The molecule has 0 saturated carbocycles. The summed E-state index contributed by atoms with van der Waals surface area (Å²) in [5, 5.41) is 9.14. The second kappa shape index (κ2) is 8.25. The second-order valence-electron chi connectivity index (χ2n) is 3.97. The van der Waals surface area contributed by atoms with Gasteiger partial charge >= 0.3 is 5.97 Å². The quantitative estimate of drug-likeness (QED) is 0.537. The van der Waals surface area contributed by atoms with E-state index in [4.69, 9.17) is 9.26 Å². The smallest absolute Gasteiger partial charge is 0.305 e. The Kier molecular flexibility index (Phi) is 6.59. The van der Waals surface area contributed by atoms with Crippen molar-refractivity contribution in [1.82, 2.24) is 10.5 Å². The largest absolute Gasteiger partial charge is 0.466 e. The first-order valence-electron chi connectivity index (χ1n) is 6.21. The molecular weight excluding hydrogens is 250 g/mol. The van der Waals surface area contributed by atoms with Crippen molar-refractivity contribution in [3.05, 3.63) is 11.8 Å². The van der Waals surface area contributed by atoms with Gasteiger partial charge < -0.3 is 14.6 Å². The van der Waals surface area contributed by atoms with E-state index in [0.717, 1.165) is 0 Å². The summed E-state index contributed by atoms with van der Waals surface area (Å²) < 4.78 is 9.64. The summed E-state index contributed by atoms with van der Waals surface area (Å²) in [5.41, 5.74) is 0.706.